The lowest BCUT2D eigenvalue weighted by atomic mass is 9.91. The molecule has 1 atom stereocenters. The Morgan fingerprint density at radius 3 is 2.66 bits per heavy atom. The van der Waals surface area contributed by atoms with Crippen LogP contribution >= 0.6 is 0 Å². The molecule has 1 aromatic heterocycles. The fraction of sp³-hybridized carbons (Fsp3) is 0.320. The van der Waals surface area contributed by atoms with Gasteiger partial charge in [-0.15, -0.1) is 0 Å². The minimum absolute atomic E-state index is 0.189. The molecule has 0 saturated carbocycles. The zero-order chi connectivity index (χ0) is 20.2. The number of pyridine rings is 1. The van der Waals surface area contributed by atoms with Gasteiger partial charge in [0.15, 0.2) is 0 Å². The van der Waals surface area contributed by atoms with Crippen LogP contribution in [-0.4, -0.2) is 29.5 Å². The van der Waals surface area contributed by atoms with Crippen LogP contribution in [0.3, 0.4) is 0 Å². The summed E-state index contributed by atoms with van der Waals surface area (Å²) in [6, 6.07) is 17.9. The van der Waals surface area contributed by atoms with Crippen LogP contribution in [0.25, 0.3) is 11.1 Å². The van der Waals surface area contributed by atoms with E-state index < -0.39 is 0 Å². The minimum Gasteiger partial charge on any atom is -0.314 e. The molecule has 0 aliphatic carbocycles. The summed E-state index contributed by atoms with van der Waals surface area (Å²) in [7, 11) is 0. The van der Waals surface area contributed by atoms with Crippen molar-refractivity contribution in [2.24, 2.45) is 0 Å². The van der Waals surface area contributed by atoms with Gasteiger partial charge < -0.3 is 5.32 Å². The topological polar surface area (TPSA) is 28.2 Å². The Balaban J connectivity index is 1.67. The monoisotopic (exact) mass is 389 g/mol. The van der Waals surface area contributed by atoms with Crippen LogP contribution in [0.15, 0.2) is 67.0 Å². The molecule has 1 fully saturated rings. The first-order valence-corrected chi connectivity index (χ1v) is 10.4. The normalized spacial score (nSPS) is 17.6. The van der Waals surface area contributed by atoms with E-state index in [-0.39, 0.29) is 11.9 Å². The molecular formula is C25H28FN3. The Labute approximate surface area is 172 Å². The van der Waals surface area contributed by atoms with Crippen LogP contribution in [0.1, 0.15) is 42.5 Å². The maximum atomic E-state index is 13.4. The highest BCUT2D eigenvalue weighted by Crippen LogP contribution is 2.33. The van der Waals surface area contributed by atoms with E-state index in [4.69, 9.17) is 0 Å². The lowest BCUT2D eigenvalue weighted by Crippen LogP contribution is -2.45. The molecule has 0 bridgehead atoms. The van der Waals surface area contributed by atoms with E-state index in [1.165, 1.54) is 22.3 Å². The second-order valence-corrected chi connectivity index (χ2v) is 8.02. The van der Waals surface area contributed by atoms with E-state index in [2.05, 4.69) is 59.4 Å². The average Bonchev–Trinajstić information content (AvgIpc) is 2.75. The van der Waals surface area contributed by atoms with Crippen molar-refractivity contribution in [3.63, 3.8) is 0 Å². The molecule has 4 heteroatoms. The van der Waals surface area contributed by atoms with Crippen molar-refractivity contribution in [2.45, 2.75) is 32.4 Å². The van der Waals surface area contributed by atoms with E-state index in [0.717, 1.165) is 31.7 Å². The molecule has 1 aliphatic rings. The molecule has 0 spiro atoms. The molecule has 29 heavy (non-hydrogen) atoms. The standard InChI is InChI=1S/C25H28FN3/c1-18(2)22-5-3-4-6-23(22)24-15-27-12-11-20(24)17-29-14-13-28-16-25(29)19-7-9-21(26)10-8-19/h3-12,15,18,25,28H,13-14,16-17H2,1-2H3/t25-/m1/s1. The Bertz CT molecular complexity index is 952. The van der Waals surface area contributed by atoms with Gasteiger partial charge in [-0.1, -0.05) is 50.2 Å². The quantitative estimate of drug-likeness (QED) is 0.653. The largest absolute Gasteiger partial charge is 0.314 e. The molecule has 1 N–H and O–H groups in total. The summed E-state index contributed by atoms with van der Waals surface area (Å²) in [4.78, 5) is 6.92. The van der Waals surface area contributed by atoms with Gasteiger partial charge >= 0.3 is 0 Å². The van der Waals surface area contributed by atoms with Crippen LogP contribution in [0.5, 0.6) is 0 Å². The zero-order valence-electron chi connectivity index (χ0n) is 17.1. The van der Waals surface area contributed by atoms with E-state index in [1.807, 2.05) is 24.5 Å². The molecule has 3 nitrogen and oxygen atoms in total. The van der Waals surface area contributed by atoms with Gasteiger partial charge in [-0.3, -0.25) is 9.88 Å². The predicted octanol–water partition coefficient (Wildman–Crippen LogP) is 5.16. The summed E-state index contributed by atoms with van der Waals surface area (Å²) in [5.41, 5.74) is 6.24. The lowest BCUT2D eigenvalue weighted by molar-refractivity contribution is 0.154. The van der Waals surface area contributed by atoms with Gasteiger partial charge in [-0.2, -0.15) is 0 Å². The van der Waals surface area contributed by atoms with Crippen LogP contribution in [-0.2, 0) is 6.54 Å². The molecule has 0 amide bonds. The van der Waals surface area contributed by atoms with Crippen molar-refractivity contribution in [3.05, 3.63) is 89.5 Å². The molecule has 2 aromatic carbocycles. The van der Waals surface area contributed by atoms with Gasteiger partial charge in [0.1, 0.15) is 5.82 Å². The number of nitrogens with zero attached hydrogens (tertiary/aromatic N) is 2. The number of nitrogens with one attached hydrogen (secondary N) is 1. The Morgan fingerprint density at radius 1 is 1.07 bits per heavy atom. The van der Waals surface area contributed by atoms with Crippen molar-refractivity contribution in [3.8, 4) is 11.1 Å². The molecule has 2 heterocycles. The van der Waals surface area contributed by atoms with Crippen molar-refractivity contribution >= 4 is 0 Å². The van der Waals surface area contributed by atoms with Crippen molar-refractivity contribution in [1.29, 1.82) is 0 Å². The molecular weight excluding hydrogens is 361 g/mol. The van der Waals surface area contributed by atoms with Crippen LogP contribution < -0.4 is 5.32 Å². The van der Waals surface area contributed by atoms with Gasteiger partial charge in [0, 0.05) is 50.2 Å². The summed E-state index contributed by atoms with van der Waals surface area (Å²) in [6.45, 7) is 8.09. The first kappa shape index (κ1) is 19.7. The summed E-state index contributed by atoms with van der Waals surface area (Å²) >= 11 is 0. The van der Waals surface area contributed by atoms with Crippen molar-refractivity contribution in [1.82, 2.24) is 15.2 Å². The van der Waals surface area contributed by atoms with E-state index in [0.29, 0.717) is 5.92 Å². The molecule has 0 unspecified atom stereocenters. The number of hydrogen-bond donors (Lipinski definition) is 1. The summed E-state index contributed by atoms with van der Waals surface area (Å²) in [5.74, 6) is 0.260. The lowest BCUT2D eigenvalue weighted by Gasteiger charge is -2.37. The second kappa shape index (κ2) is 8.85. The number of halogens is 1. The summed E-state index contributed by atoms with van der Waals surface area (Å²) in [5, 5.41) is 3.49. The number of aromatic nitrogens is 1. The van der Waals surface area contributed by atoms with Gasteiger partial charge in [0.2, 0.25) is 0 Å². The van der Waals surface area contributed by atoms with Crippen LogP contribution in [0.4, 0.5) is 4.39 Å². The second-order valence-electron chi connectivity index (χ2n) is 8.02. The fourth-order valence-corrected chi connectivity index (χ4v) is 4.22. The predicted molar refractivity (Wildman–Crippen MR) is 116 cm³/mol. The third-order valence-electron chi connectivity index (χ3n) is 5.77. The van der Waals surface area contributed by atoms with E-state index in [1.54, 1.807) is 12.1 Å². The molecule has 150 valence electrons. The Hall–Kier alpha value is -2.56. The fourth-order valence-electron chi connectivity index (χ4n) is 4.22. The number of piperazine rings is 1. The zero-order valence-corrected chi connectivity index (χ0v) is 17.1. The SMILES string of the molecule is CC(C)c1ccccc1-c1cnccc1CN1CCNC[C@@H]1c1ccc(F)cc1. The highest BCUT2D eigenvalue weighted by atomic mass is 19.1. The molecule has 1 saturated heterocycles. The highest BCUT2D eigenvalue weighted by molar-refractivity contribution is 5.70. The smallest absolute Gasteiger partial charge is 0.123 e. The first-order chi connectivity index (χ1) is 14.1. The molecule has 0 radical (unpaired) electrons. The maximum Gasteiger partial charge on any atom is 0.123 e. The third-order valence-corrected chi connectivity index (χ3v) is 5.77. The summed E-state index contributed by atoms with van der Waals surface area (Å²) < 4.78 is 13.4. The van der Waals surface area contributed by atoms with Gasteiger partial charge in [-0.25, -0.2) is 4.39 Å². The third kappa shape index (κ3) is 4.39. The van der Waals surface area contributed by atoms with E-state index >= 15 is 0 Å². The van der Waals surface area contributed by atoms with Gasteiger partial charge in [0.05, 0.1) is 0 Å². The maximum absolute atomic E-state index is 13.4. The number of benzene rings is 2. The van der Waals surface area contributed by atoms with Crippen LogP contribution in [0, 0.1) is 5.82 Å². The highest BCUT2D eigenvalue weighted by Gasteiger charge is 2.25. The number of hydrogen-bond acceptors (Lipinski definition) is 3. The first-order valence-electron chi connectivity index (χ1n) is 10.4. The molecule has 3 aromatic rings. The Morgan fingerprint density at radius 2 is 1.86 bits per heavy atom. The van der Waals surface area contributed by atoms with Gasteiger partial charge in [-0.05, 0) is 46.4 Å². The molecule has 4 rings (SSSR count). The number of rotatable bonds is 5. The van der Waals surface area contributed by atoms with Crippen molar-refractivity contribution < 1.29 is 4.39 Å². The van der Waals surface area contributed by atoms with Gasteiger partial charge in [0.25, 0.3) is 0 Å². The minimum atomic E-state index is -0.189. The van der Waals surface area contributed by atoms with E-state index in [9.17, 15) is 4.39 Å². The Kier molecular flexibility index (Phi) is 6.02. The average molecular weight is 390 g/mol. The van der Waals surface area contributed by atoms with Crippen molar-refractivity contribution in [2.75, 3.05) is 19.6 Å². The summed E-state index contributed by atoms with van der Waals surface area (Å²) in [6.07, 6.45) is 3.87. The molecule has 1 aliphatic heterocycles. The van der Waals surface area contributed by atoms with Crippen LogP contribution in [0.2, 0.25) is 0 Å².